The van der Waals surface area contributed by atoms with E-state index in [4.69, 9.17) is 70.1 Å². The van der Waals surface area contributed by atoms with Gasteiger partial charge in [0.15, 0.2) is 23.3 Å². The van der Waals surface area contributed by atoms with Crippen molar-refractivity contribution in [2.75, 3.05) is 6.61 Å². The van der Waals surface area contributed by atoms with Gasteiger partial charge in [0.25, 0.3) is 0 Å². The van der Waals surface area contributed by atoms with Gasteiger partial charge in [-0.3, -0.25) is 0 Å². The lowest BCUT2D eigenvalue weighted by atomic mass is 9.99. The average Bonchev–Trinajstić information content (AvgIpc) is 3.06. The van der Waals surface area contributed by atoms with Gasteiger partial charge in [0, 0.05) is 20.1 Å². The minimum atomic E-state index is -1.52. The summed E-state index contributed by atoms with van der Waals surface area (Å²) >= 11 is 27.7. The molecule has 1 fully saturated rings. The summed E-state index contributed by atoms with van der Waals surface area (Å²) in [5.41, 5.74) is 0.361. The molecular weight excluding hydrogens is 774 g/mol. The zero-order valence-corrected chi connectivity index (χ0v) is 29.0. The Bertz CT molecular complexity index is 1840. The van der Waals surface area contributed by atoms with Crippen LogP contribution in [0.15, 0.2) is 97.1 Å². The fourth-order valence-electron chi connectivity index (χ4n) is 4.68. The van der Waals surface area contributed by atoms with E-state index in [0.29, 0.717) is 5.02 Å². The van der Waals surface area contributed by atoms with Crippen molar-refractivity contribution in [3.63, 3.8) is 0 Å². The van der Waals surface area contributed by atoms with Crippen molar-refractivity contribution < 1.29 is 42.9 Å². The summed E-state index contributed by atoms with van der Waals surface area (Å²) in [5.74, 6) is -3.36. The van der Waals surface area contributed by atoms with Crippen molar-refractivity contribution in [1.29, 1.82) is 0 Å². The summed E-state index contributed by atoms with van der Waals surface area (Å²) in [5, 5.41) is -0.0560. The van der Waals surface area contributed by atoms with Crippen LogP contribution >= 0.6 is 62.3 Å². The number of carbonyl (C=O) groups is 4. The van der Waals surface area contributed by atoms with Crippen molar-refractivity contribution in [1.82, 2.24) is 0 Å². The lowest BCUT2D eigenvalue weighted by Gasteiger charge is -2.43. The maximum atomic E-state index is 13.5. The van der Waals surface area contributed by atoms with Crippen LogP contribution in [0, 0.1) is 0 Å². The van der Waals surface area contributed by atoms with Gasteiger partial charge < -0.3 is 23.7 Å². The predicted octanol–water partition coefficient (Wildman–Crippen LogP) is 8.25. The normalized spacial score (nSPS) is 20.3. The summed E-state index contributed by atoms with van der Waals surface area (Å²) in [6.07, 6.45) is -5.68. The molecule has 4 aromatic carbocycles. The first-order chi connectivity index (χ1) is 23.0. The second-order valence-corrected chi connectivity index (χ2v) is 12.9. The highest BCUT2D eigenvalue weighted by atomic mass is 79.9. The minimum Gasteiger partial charge on any atom is -0.459 e. The molecule has 48 heavy (non-hydrogen) atoms. The van der Waals surface area contributed by atoms with Gasteiger partial charge in [0.2, 0.25) is 0 Å². The fourth-order valence-corrected chi connectivity index (χ4v) is 6.13. The SMILES string of the molecule is O=C(OC[C@H]1O[C@H](Br)[C@H](OC(=O)c2cccc(Cl)c2)[C@@H](OC(=O)c2cccc(Cl)c2)[C@@H]1OC(=O)c1cccc(Cl)c1)c1cccc(Cl)c1. The molecule has 0 radical (unpaired) electrons. The van der Waals surface area contributed by atoms with Gasteiger partial charge in [-0.25, -0.2) is 19.2 Å². The molecule has 1 saturated heterocycles. The second kappa shape index (κ2) is 16.2. The molecular formula is C34H23BrCl4O9. The largest absolute Gasteiger partial charge is 0.459 e. The number of carbonyl (C=O) groups excluding carboxylic acids is 4. The smallest absolute Gasteiger partial charge is 0.338 e. The first-order valence-corrected chi connectivity index (χ1v) is 16.5. The Hall–Kier alpha value is -3.64. The van der Waals surface area contributed by atoms with E-state index >= 15 is 0 Å². The lowest BCUT2D eigenvalue weighted by Crippen LogP contribution is -2.61. The van der Waals surface area contributed by atoms with Crippen LogP contribution in [0.5, 0.6) is 0 Å². The topological polar surface area (TPSA) is 114 Å². The molecule has 0 saturated carbocycles. The quantitative estimate of drug-likeness (QED) is 0.0939. The third kappa shape index (κ3) is 9.07. The van der Waals surface area contributed by atoms with E-state index in [0.717, 1.165) is 0 Å². The summed E-state index contributed by atoms with van der Waals surface area (Å²) in [6.45, 7) is -0.485. The van der Waals surface area contributed by atoms with E-state index in [1.54, 1.807) is 48.5 Å². The summed E-state index contributed by atoms with van der Waals surface area (Å²) < 4.78 is 29.2. The van der Waals surface area contributed by atoms with Crippen LogP contribution < -0.4 is 0 Å². The first kappa shape index (κ1) is 35.7. The van der Waals surface area contributed by atoms with Gasteiger partial charge in [0.1, 0.15) is 12.7 Å². The zero-order chi connectivity index (χ0) is 34.4. The highest BCUT2D eigenvalue weighted by Crippen LogP contribution is 2.34. The Balaban J connectivity index is 1.51. The van der Waals surface area contributed by atoms with Crippen molar-refractivity contribution in [2.24, 2.45) is 0 Å². The van der Waals surface area contributed by atoms with Crippen molar-refractivity contribution in [3.8, 4) is 0 Å². The molecule has 9 nitrogen and oxygen atoms in total. The molecule has 0 spiro atoms. The van der Waals surface area contributed by atoms with Crippen LogP contribution in [0.1, 0.15) is 41.4 Å². The maximum Gasteiger partial charge on any atom is 0.338 e. The van der Waals surface area contributed by atoms with Gasteiger partial charge in [0.05, 0.1) is 22.3 Å². The summed E-state index contributed by atoms with van der Waals surface area (Å²) in [7, 11) is 0. The third-order valence-corrected chi connectivity index (χ3v) is 8.60. The number of hydrogen-bond donors (Lipinski definition) is 0. The molecule has 1 aliphatic rings. The minimum absolute atomic E-state index is 0.0592. The van der Waals surface area contributed by atoms with Gasteiger partial charge in [-0.15, -0.1) is 0 Å². The third-order valence-electron chi connectivity index (χ3n) is 6.93. The van der Waals surface area contributed by atoms with Crippen LogP contribution in [0.2, 0.25) is 20.1 Å². The molecule has 1 heterocycles. The molecule has 0 unspecified atom stereocenters. The van der Waals surface area contributed by atoms with E-state index in [1.807, 2.05) is 0 Å². The number of rotatable bonds is 9. The molecule has 0 aliphatic carbocycles. The predicted molar refractivity (Wildman–Crippen MR) is 181 cm³/mol. The van der Waals surface area contributed by atoms with E-state index in [2.05, 4.69) is 15.9 Å². The monoisotopic (exact) mass is 794 g/mol. The van der Waals surface area contributed by atoms with Gasteiger partial charge >= 0.3 is 23.9 Å². The maximum absolute atomic E-state index is 13.5. The van der Waals surface area contributed by atoms with Gasteiger partial charge in [-0.2, -0.15) is 0 Å². The summed E-state index contributed by atoms with van der Waals surface area (Å²) in [4.78, 5) is 53.2. The van der Waals surface area contributed by atoms with Crippen molar-refractivity contribution in [3.05, 3.63) is 139 Å². The van der Waals surface area contributed by atoms with Crippen molar-refractivity contribution >= 4 is 86.2 Å². The van der Waals surface area contributed by atoms with E-state index < -0.39 is 59.9 Å². The number of benzene rings is 4. The van der Waals surface area contributed by atoms with Crippen LogP contribution in [-0.2, 0) is 23.7 Å². The molecule has 0 amide bonds. The number of hydrogen-bond acceptors (Lipinski definition) is 9. The molecule has 4 aromatic rings. The van der Waals surface area contributed by atoms with Crippen molar-refractivity contribution in [2.45, 2.75) is 29.4 Å². The molecule has 0 aromatic heterocycles. The molecule has 0 bridgehead atoms. The number of halogens is 5. The van der Waals surface area contributed by atoms with Crippen LogP contribution in [0.25, 0.3) is 0 Å². The average molecular weight is 797 g/mol. The Labute approximate surface area is 303 Å². The van der Waals surface area contributed by atoms with E-state index in [1.165, 1.54) is 48.5 Å². The van der Waals surface area contributed by atoms with Crippen LogP contribution in [0.3, 0.4) is 0 Å². The van der Waals surface area contributed by atoms with Crippen LogP contribution in [0.4, 0.5) is 0 Å². The highest BCUT2D eigenvalue weighted by molar-refractivity contribution is 9.09. The Morgan fingerprint density at radius 2 is 0.896 bits per heavy atom. The second-order valence-electron chi connectivity index (χ2n) is 10.3. The molecule has 0 N–H and O–H groups in total. The molecule has 248 valence electrons. The number of esters is 4. The zero-order valence-electron chi connectivity index (χ0n) is 24.4. The molecule has 5 atom stereocenters. The van der Waals surface area contributed by atoms with Gasteiger partial charge in [-0.1, -0.05) is 86.6 Å². The standard InChI is InChI=1S/C34H23BrCl4O9/c35-30-29(48-34(43)21-8-4-12-25(39)16-21)28(47-33(42)20-7-3-11-24(38)15-20)27(46-32(41)19-6-2-10-23(37)14-19)26(45-30)17-44-31(40)18-5-1-9-22(36)13-18/h1-16,26-30H,17H2/t26-,27-,28+,29-,30+/m1/s1. The van der Waals surface area contributed by atoms with Crippen LogP contribution in [-0.4, -0.2) is 59.9 Å². The first-order valence-electron chi connectivity index (χ1n) is 14.1. The Kier molecular flexibility index (Phi) is 12.0. The van der Waals surface area contributed by atoms with E-state index in [9.17, 15) is 19.2 Å². The van der Waals surface area contributed by atoms with E-state index in [-0.39, 0.29) is 37.3 Å². The summed E-state index contributed by atoms with van der Waals surface area (Å²) in [6, 6.07) is 24.0. The molecule has 14 heteroatoms. The Morgan fingerprint density at radius 3 is 1.29 bits per heavy atom. The van der Waals surface area contributed by atoms with Gasteiger partial charge in [-0.05, 0) is 72.8 Å². The molecule has 5 rings (SSSR count). The molecule has 1 aliphatic heterocycles. The fraction of sp³-hybridized carbons (Fsp3) is 0.176. The number of alkyl halides is 1. The lowest BCUT2D eigenvalue weighted by molar-refractivity contribution is -0.205. The highest BCUT2D eigenvalue weighted by Gasteiger charge is 2.52. The Morgan fingerprint density at radius 1 is 0.542 bits per heavy atom. The number of ether oxygens (including phenoxy) is 5.